The van der Waals surface area contributed by atoms with Gasteiger partial charge in [0.05, 0.1) is 29.6 Å². The fourth-order valence-corrected chi connectivity index (χ4v) is 5.99. The molecule has 5 unspecified atom stereocenters. The molecular weight excluding hydrogens is 602 g/mol. The van der Waals surface area contributed by atoms with Crippen molar-refractivity contribution < 1.29 is 41.6 Å². The summed E-state index contributed by atoms with van der Waals surface area (Å²) < 4.78 is 50.7. The van der Waals surface area contributed by atoms with Crippen molar-refractivity contribution in [2.75, 3.05) is 0 Å². The van der Waals surface area contributed by atoms with Gasteiger partial charge in [-0.1, -0.05) is 91.0 Å². The van der Waals surface area contributed by atoms with E-state index in [2.05, 4.69) is 0 Å². The zero-order chi connectivity index (χ0) is 31.8. The van der Waals surface area contributed by atoms with E-state index in [4.69, 9.17) is 18.4 Å². The summed E-state index contributed by atoms with van der Waals surface area (Å²) in [5, 5.41) is 22.6. The first-order chi connectivity index (χ1) is 21.7. The van der Waals surface area contributed by atoms with Crippen LogP contribution in [-0.4, -0.2) is 54.8 Å². The predicted molar refractivity (Wildman–Crippen MR) is 161 cm³/mol. The number of ketones is 1. The van der Waals surface area contributed by atoms with Crippen molar-refractivity contribution in [2.45, 2.75) is 55.2 Å². The Hall–Kier alpha value is -4.30. The third-order valence-electron chi connectivity index (χ3n) is 7.23. The van der Waals surface area contributed by atoms with Crippen LogP contribution < -0.4 is 0 Å². The van der Waals surface area contributed by atoms with Crippen LogP contribution in [0.2, 0.25) is 0 Å². The fourth-order valence-electron chi connectivity index (χ4n) is 4.91. The smallest absolute Gasteiger partial charge is 0.297 e. The number of Topliss-reactive ketones (excluding diaryl/α,β-unsaturated/α-hetero) is 1. The molecule has 5 rings (SSSR count). The van der Waals surface area contributed by atoms with Crippen molar-refractivity contribution in [3.8, 4) is 0 Å². The Kier molecular flexibility index (Phi) is 10.5. The van der Waals surface area contributed by atoms with Gasteiger partial charge >= 0.3 is 0 Å². The molecule has 1 aliphatic rings. The summed E-state index contributed by atoms with van der Waals surface area (Å²) in [5.74, 6) is -0.724. The first kappa shape index (κ1) is 32.1. The van der Waals surface area contributed by atoms with E-state index >= 15 is 0 Å². The first-order valence-corrected chi connectivity index (χ1v) is 15.5. The van der Waals surface area contributed by atoms with Crippen molar-refractivity contribution in [1.29, 1.82) is 0 Å². The molecular formula is C33H31NO10S. The number of rotatable bonds is 13. The van der Waals surface area contributed by atoms with E-state index in [1.165, 1.54) is 0 Å². The van der Waals surface area contributed by atoms with E-state index in [0.29, 0.717) is 5.56 Å². The molecule has 45 heavy (non-hydrogen) atoms. The molecule has 11 nitrogen and oxygen atoms in total. The van der Waals surface area contributed by atoms with E-state index in [0.717, 1.165) is 35.4 Å². The number of benzene rings is 4. The van der Waals surface area contributed by atoms with Gasteiger partial charge in [-0.05, 0) is 28.8 Å². The van der Waals surface area contributed by atoms with Crippen LogP contribution >= 0.6 is 0 Å². The minimum Gasteiger partial charge on any atom is -0.387 e. The molecule has 1 aliphatic carbocycles. The average molecular weight is 634 g/mol. The summed E-state index contributed by atoms with van der Waals surface area (Å²) in [7, 11) is -4.64. The zero-order valence-corrected chi connectivity index (χ0v) is 24.8. The van der Waals surface area contributed by atoms with Crippen LogP contribution in [-0.2, 0) is 53.1 Å². The topological polar surface area (TPSA) is 152 Å². The second-order valence-corrected chi connectivity index (χ2v) is 11.9. The van der Waals surface area contributed by atoms with Crippen LogP contribution in [0.15, 0.2) is 120 Å². The third kappa shape index (κ3) is 8.05. The number of carbonyl (C=O) groups excluding carboxylic acids is 1. The second-order valence-electron chi connectivity index (χ2n) is 10.4. The van der Waals surface area contributed by atoms with Gasteiger partial charge in [-0.15, -0.1) is 0 Å². The van der Waals surface area contributed by atoms with E-state index in [-0.39, 0.29) is 30.4 Å². The number of hydrogen-bond acceptors (Lipinski definition) is 10. The molecule has 4 aromatic carbocycles. The van der Waals surface area contributed by atoms with Crippen molar-refractivity contribution in [1.82, 2.24) is 0 Å². The SMILES string of the molecule is O=C1C(OCc2ccccc2)C(O)C(OCc2ccccc2)C(OS(=O)(=O)c2ccc([N+](=O)[O-])cc2)C1OCc1ccccc1. The Balaban J connectivity index is 1.49. The normalized spacial score (nSPS) is 21.8. The average Bonchev–Trinajstić information content (AvgIpc) is 3.05. The van der Waals surface area contributed by atoms with Crippen LogP contribution in [0.3, 0.4) is 0 Å². The Morgan fingerprint density at radius 2 is 1.09 bits per heavy atom. The monoisotopic (exact) mass is 633 g/mol. The quantitative estimate of drug-likeness (QED) is 0.128. The molecule has 0 aliphatic heterocycles. The minimum absolute atomic E-state index is 0.0161. The molecule has 0 amide bonds. The van der Waals surface area contributed by atoms with Gasteiger partial charge in [0.1, 0.15) is 30.5 Å². The van der Waals surface area contributed by atoms with Crippen LogP contribution in [0.4, 0.5) is 5.69 Å². The summed E-state index contributed by atoms with van der Waals surface area (Å²) >= 11 is 0. The Morgan fingerprint density at radius 3 is 1.56 bits per heavy atom. The zero-order valence-electron chi connectivity index (χ0n) is 24.0. The highest BCUT2D eigenvalue weighted by Crippen LogP contribution is 2.32. The maximum Gasteiger partial charge on any atom is 0.297 e. The lowest BCUT2D eigenvalue weighted by atomic mass is 9.85. The largest absolute Gasteiger partial charge is 0.387 e. The summed E-state index contributed by atoms with van der Waals surface area (Å²) in [6.45, 7) is -0.148. The molecule has 5 atom stereocenters. The van der Waals surface area contributed by atoms with Gasteiger partial charge in [-0.25, -0.2) is 0 Å². The van der Waals surface area contributed by atoms with Crippen molar-refractivity contribution >= 4 is 21.6 Å². The molecule has 0 aromatic heterocycles. The van der Waals surface area contributed by atoms with Crippen molar-refractivity contribution in [3.63, 3.8) is 0 Å². The molecule has 0 bridgehead atoms. The standard InChI is InChI=1S/C33H31NO10S/c35-28-30(41-20-23-10-4-1-5-11-23)29(36)32(43-22-25-14-8-3-9-15-25)33(31(28)42-21-24-12-6-2-7-13-24)44-45(39,40)27-18-16-26(17-19-27)34(37)38/h1-19,28,30-33,35H,20-22H2. The Labute approximate surface area is 260 Å². The number of nitro groups is 1. The third-order valence-corrected chi connectivity index (χ3v) is 8.56. The minimum atomic E-state index is -4.64. The Morgan fingerprint density at radius 1 is 0.644 bits per heavy atom. The summed E-state index contributed by atoms with van der Waals surface area (Å²) in [6.07, 6.45) is -7.66. The molecule has 1 saturated carbocycles. The van der Waals surface area contributed by atoms with Gasteiger partial charge in [0, 0.05) is 12.1 Å². The van der Waals surface area contributed by atoms with E-state index in [1.807, 2.05) is 30.3 Å². The molecule has 1 N–H and O–H groups in total. The maximum absolute atomic E-state index is 13.9. The summed E-state index contributed by atoms with van der Waals surface area (Å²) in [6, 6.07) is 31.1. The lowest BCUT2D eigenvalue weighted by molar-refractivity contribution is -0.384. The molecule has 0 heterocycles. The number of nitro benzene ring substituents is 1. The highest BCUT2D eigenvalue weighted by atomic mass is 32.2. The van der Waals surface area contributed by atoms with Crippen LogP contribution in [0, 0.1) is 10.1 Å². The van der Waals surface area contributed by atoms with E-state index in [9.17, 15) is 28.4 Å². The highest BCUT2D eigenvalue weighted by Gasteiger charge is 2.54. The van der Waals surface area contributed by atoms with Crippen molar-refractivity contribution in [3.05, 3.63) is 142 Å². The van der Waals surface area contributed by atoms with Gasteiger partial charge in [-0.3, -0.25) is 19.1 Å². The number of carbonyl (C=O) groups is 1. The maximum atomic E-state index is 13.9. The van der Waals surface area contributed by atoms with Gasteiger partial charge in [0.2, 0.25) is 0 Å². The lowest BCUT2D eigenvalue weighted by Gasteiger charge is -2.42. The van der Waals surface area contributed by atoms with E-state index < -0.39 is 51.3 Å². The summed E-state index contributed by atoms with van der Waals surface area (Å²) in [5.41, 5.74) is 1.86. The molecule has 0 saturated heterocycles. The van der Waals surface area contributed by atoms with Gasteiger partial charge in [0.15, 0.2) is 5.78 Å². The first-order valence-electron chi connectivity index (χ1n) is 14.1. The molecule has 1 fully saturated rings. The number of hydrogen-bond donors (Lipinski definition) is 1. The number of ether oxygens (including phenoxy) is 3. The van der Waals surface area contributed by atoms with Crippen LogP contribution in [0.5, 0.6) is 0 Å². The fraction of sp³-hybridized carbons (Fsp3) is 0.242. The summed E-state index contributed by atoms with van der Waals surface area (Å²) in [4.78, 5) is 24.0. The van der Waals surface area contributed by atoms with Gasteiger partial charge in [-0.2, -0.15) is 8.42 Å². The van der Waals surface area contributed by atoms with Gasteiger partial charge < -0.3 is 19.3 Å². The predicted octanol–water partition coefficient (Wildman–Crippen LogP) is 4.37. The molecule has 0 spiro atoms. The molecule has 4 aromatic rings. The molecule has 0 radical (unpaired) electrons. The highest BCUT2D eigenvalue weighted by molar-refractivity contribution is 7.86. The van der Waals surface area contributed by atoms with Gasteiger partial charge in [0.25, 0.3) is 15.8 Å². The number of aliphatic hydroxyl groups is 1. The molecule has 12 heteroatoms. The van der Waals surface area contributed by atoms with Crippen LogP contribution in [0.1, 0.15) is 16.7 Å². The molecule has 234 valence electrons. The number of non-ortho nitro benzene ring substituents is 1. The van der Waals surface area contributed by atoms with Crippen molar-refractivity contribution in [2.24, 2.45) is 0 Å². The van der Waals surface area contributed by atoms with E-state index in [1.54, 1.807) is 60.7 Å². The number of aliphatic hydroxyl groups excluding tert-OH is 1. The number of nitrogens with zero attached hydrogens (tertiary/aromatic N) is 1. The second kappa shape index (κ2) is 14.7. The lowest BCUT2D eigenvalue weighted by Crippen LogP contribution is -2.64. The Bertz CT molecular complexity index is 1670. The van der Waals surface area contributed by atoms with Crippen LogP contribution in [0.25, 0.3) is 0 Å².